The number of aliphatic hydroxyl groups excluding tert-OH is 9. The molecule has 0 aromatic heterocycles. The highest BCUT2D eigenvalue weighted by atomic mass is 16.8. The summed E-state index contributed by atoms with van der Waals surface area (Å²) in [5.41, 5.74) is 0. The summed E-state index contributed by atoms with van der Waals surface area (Å²) < 4.78 is 27.0. The summed E-state index contributed by atoms with van der Waals surface area (Å²) in [6, 6.07) is 0. The smallest absolute Gasteiger partial charge is 0.187 e. The average molecular weight is 472 g/mol. The van der Waals surface area contributed by atoms with E-state index in [4.69, 9.17) is 23.7 Å². The van der Waals surface area contributed by atoms with E-state index in [0.717, 1.165) is 0 Å². The second-order valence-corrected chi connectivity index (χ2v) is 8.30. The molecule has 32 heavy (non-hydrogen) atoms. The first-order valence-corrected chi connectivity index (χ1v) is 10.3. The highest BCUT2D eigenvalue weighted by Crippen LogP contribution is 2.32. The Balaban J connectivity index is 1.79. The van der Waals surface area contributed by atoms with Crippen LogP contribution < -0.4 is 0 Å². The molecule has 3 rings (SSSR count). The summed E-state index contributed by atoms with van der Waals surface area (Å²) in [7, 11) is 0. The van der Waals surface area contributed by atoms with Gasteiger partial charge in [-0.2, -0.15) is 0 Å². The van der Waals surface area contributed by atoms with Gasteiger partial charge in [-0.05, 0) is 13.8 Å². The third-order valence-corrected chi connectivity index (χ3v) is 6.02. The van der Waals surface area contributed by atoms with Crippen LogP contribution in [0.25, 0.3) is 0 Å². The van der Waals surface area contributed by atoms with Crippen LogP contribution in [0.3, 0.4) is 0 Å². The van der Waals surface area contributed by atoms with Crippen molar-refractivity contribution in [2.45, 2.75) is 106 Å². The molecule has 3 fully saturated rings. The van der Waals surface area contributed by atoms with Crippen LogP contribution in [0.15, 0.2) is 0 Å². The molecule has 3 aliphatic heterocycles. The molecule has 0 saturated carbocycles. The van der Waals surface area contributed by atoms with Gasteiger partial charge in [0.1, 0.15) is 61.0 Å². The van der Waals surface area contributed by atoms with Crippen molar-refractivity contribution < 1.29 is 69.6 Å². The molecule has 0 aromatic carbocycles. The molecule has 15 atom stereocenters. The molecular weight excluding hydrogens is 440 g/mol. The Hall–Kier alpha value is -0.560. The summed E-state index contributed by atoms with van der Waals surface area (Å²) in [6.45, 7) is 2.13. The van der Waals surface area contributed by atoms with Crippen LogP contribution in [-0.2, 0) is 23.7 Å². The lowest BCUT2D eigenvalue weighted by atomic mass is 9.96. The van der Waals surface area contributed by atoms with Crippen molar-refractivity contribution in [2.75, 3.05) is 6.61 Å². The molecule has 1 unspecified atom stereocenters. The molecular formula is C18H32O14. The Bertz CT molecular complexity index is 608. The molecule has 0 amide bonds. The van der Waals surface area contributed by atoms with Crippen LogP contribution >= 0.6 is 0 Å². The fraction of sp³-hybridized carbons (Fsp3) is 1.00. The van der Waals surface area contributed by atoms with E-state index in [0.29, 0.717) is 0 Å². The number of hydrogen-bond acceptors (Lipinski definition) is 14. The maximum absolute atomic E-state index is 10.6. The Labute approximate surface area is 183 Å². The predicted octanol–water partition coefficient (Wildman–Crippen LogP) is -5.52. The normalized spacial score (nSPS) is 55.0. The van der Waals surface area contributed by atoms with Crippen molar-refractivity contribution in [3.63, 3.8) is 0 Å². The van der Waals surface area contributed by atoms with E-state index in [1.54, 1.807) is 0 Å². The van der Waals surface area contributed by atoms with Gasteiger partial charge < -0.3 is 69.6 Å². The Morgan fingerprint density at radius 1 is 0.562 bits per heavy atom. The number of hydrogen-bond donors (Lipinski definition) is 9. The van der Waals surface area contributed by atoms with E-state index in [1.165, 1.54) is 13.8 Å². The number of aliphatic hydroxyl groups is 9. The van der Waals surface area contributed by atoms with Gasteiger partial charge >= 0.3 is 0 Å². The second-order valence-electron chi connectivity index (χ2n) is 8.30. The Morgan fingerprint density at radius 3 is 1.66 bits per heavy atom. The summed E-state index contributed by atoms with van der Waals surface area (Å²) in [5.74, 6) is 0. The van der Waals surface area contributed by atoms with Gasteiger partial charge in [-0.3, -0.25) is 0 Å². The zero-order valence-electron chi connectivity index (χ0n) is 17.4. The zero-order valence-corrected chi connectivity index (χ0v) is 17.4. The van der Waals surface area contributed by atoms with Crippen LogP contribution in [0.1, 0.15) is 13.8 Å². The standard InChI is InChI=1S/C18H32O14/c1-4-7(20)10(23)12(25)17(29-4)32-15-14(8(21)5(2)28-16(15)27)31-18-13(26)11(24)9(22)6(3-19)30-18/h4-27H,3H2,1-2H3/t4-,5-,6+,7+,8-,9+,10+,11-,12-,13-,14+,15+,16?,17+,18+/m0/s1. The van der Waals surface area contributed by atoms with Gasteiger partial charge in [-0.1, -0.05) is 0 Å². The predicted molar refractivity (Wildman–Crippen MR) is 98.4 cm³/mol. The minimum Gasteiger partial charge on any atom is -0.394 e. The average Bonchev–Trinajstić information content (AvgIpc) is 2.76. The first-order valence-electron chi connectivity index (χ1n) is 10.3. The molecule has 3 heterocycles. The quantitative estimate of drug-likeness (QED) is 0.182. The van der Waals surface area contributed by atoms with E-state index in [1.807, 2.05) is 0 Å². The molecule has 14 nitrogen and oxygen atoms in total. The molecule has 9 N–H and O–H groups in total. The second kappa shape index (κ2) is 10.4. The van der Waals surface area contributed by atoms with Crippen LogP contribution in [0, 0.1) is 0 Å². The van der Waals surface area contributed by atoms with Crippen molar-refractivity contribution in [3.8, 4) is 0 Å². The molecule has 0 spiro atoms. The van der Waals surface area contributed by atoms with Crippen LogP contribution in [0.5, 0.6) is 0 Å². The summed E-state index contributed by atoms with van der Waals surface area (Å²) in [5, 5.41) is 90.5. The zero-order chi connectivity index (χ0) is 23.9. The number of rotatable bonds is 5. The minimum atomic E-state index is -1.79. The van der Waals surface area contributed by atoms with E-state index < -0.39 is 98.7 Å². The van der Waals surface area contributed by atoms with Crippen molar-refractivity contribution in [2.24, 2.45) is 0 Å². The minimum absolute atomic E-state index is 0.708. The molecule has 0 aliphatic carbocycles. The third kappa shape index (κ3) is 4.94. The fourth-order valence-electron chi connectivity index (χ4n) is 3.92. The molecule has 0 bridgehead atoms. The van der Waals surface area contributed by atoms with Gasteiger partial charge in [0.25, 0.3) is 0 Å². The summed E-state index contributed by atoms with van der Waals surface area (Å²) in [6.07, 6.45) is -22.6. The Kier molecular flexibility index (Phi) is 8.44. The first kappa shape index (κ1) is 26.1. The highest BCUT2D eigenvalue weighted by molar-refractivity contribution is 4.95. The maximum atomic E-state index is 10.6. The number of ether oxygens (including phenoxy) is 5. The third-order valence-electron chi connectivity index (χ3n) is 6.02. The van der Waals surface area contributed by atoms with Crippen LogP contribution in [-0.4, -0.2) is 145 Å². The topological polar surface area (TPSA) is 228 Å². The lowest BCUT2D eigenvalue weighted by molar-refractivity contribution is -0.384. The monoisotopic (exact) mass is 472 g/mol. The van der Waals surface area contributed by atoms with Gasteiger partial charge in [0.05, 0.1) is 18.8 Å². The van der Waals surface area contributed by atoms with Crippen molar-refractivity contribution >= 4 is 0 Å². The molecule has 0 aromatic rings. The maximum Gasteiger partial charge on any atom is 0.187 e. The Morgan fingerprint density at radius 2 is 1.06 bits per heavy atom. The highest BCUT2D eigenvalue weighted by Gasteiger charge is 2.52. The van der Waals surface area contributed by atoms with Crippen molar-refractivity contribution in [3.05, 3.63) is 0 Å². The van der Waals surface area contributed by atoms with Gasteiger partial charge in [-0.15, -0.1) is 0 Å². The lowest BCUT2D eigenvalue weighted by Gasteiger charge is -2.47. The van der Waals surface area contributed by atoms with E-state index in [2.05, 4.69) is 0 Å². The van der Waals surface area contributed by atoms with Gasteiger partial charge in [-0.25, -0.2) is 0 Å². The van der Waals surface area contributed by atoms with E-state index >= 15 is 0 Å². The molecule has 3 aliphatic rings. The van der Waals surface area contributed by atoms with E-state index in [-0.39, 0.29) is 0 Å². The van der Waals surface area contributed by atoms with Crippen molar-refractivity contribution in [1.29, 1.82) is 0 Å². The lowest BCUT2D eigenvalue weighted by Crippen LogP contribution is -2.66. The SMILES string of the molecule is C[C@@H]1OC(O)[C@H](O[C@H]2O[C@@H](C)[C@@H](O)[C@@H](O)[C@@H]2O)[C@H](O[C@H]2O[C@H](CO)[C@@H](O)[C@H](O)[C@@H]2O)[C@H]1O. The van der Waals surface area contributed by atoms with Gasteiger partial charge in [0, 0.05) is 0 Å². The van der Waals surface area contributed by atoms with Gasteiger partial charge in [0.15, 0.2) is 18.9 Å². The molecule has 14 heteroatoms. The van der Waals surface area contributed by atoms with Crippen LogP contribution in [0.4, 0.5) is 0 Å². The first-order chi connectivity index (χ1) is 15.0. The molecule has 0 radical (unpaired) electrons. The molecule has 3 saturated heterocycles. The largest absolute Gasteiger partial charge is 0.394 e. The molecule has 188 valence electrons. The summed E-state index contributed by atoms with van der Waals surface area (Å²) in [4.78, 5) is 0. The fourth-order valence-corrected chi connectivity index (χ4v) is 3.92. The van der Waals surface area contributed by atoms with Crippen molar-refractivity contribution in [1.82, 2.24) is 0 Å². The van der Waals surface area contributed by atoms with E-state index in [9.17, 15) is 46.0 Å². The van der Waals surface area contributed by atoms with Crippen LogP contribution in [0.2, 0.25) is 0 Å². The summed E-state index contributed by atoms with van der Waals surface area (Å²) >= 11 is 0. The van der Waals surface area contributed by atoms with Gasteiger partial charge in [0.2, 0.25) is 0 Å².